The van der Waals surface area contributed by atoms with E-state index in [1.165, 1.54) is 0 Å². The van der Waals surface area contributed by atoms with Gasteiger partial charge in [-0.15, -0.1) is 0 Å². The molecule has 2 aromatic rings. The van der Waals surface area contributed by atoms with Crippen molar-refractivity contribution in [3.63, 3.8) is 0 Å². The maximum atomic E-state index is 12.0. The topological polar surface area (TPSA) is 63.6 Å². The Morgan fingerprint density at radius 3 is 3.00 bits per heavy atom. The van der Waals surface area contributed by atoms with Crippen molar-refractivity contribution < 1.29 is 0 Å². The summed E-state index contributed by atoms with van der Waals surface area (Å²) in [6.07, 6.45) is 7.01. The monoisotopic (exact) mass is 370 g/mol. The van der Waals surface area contributed by atoms with E-state index in [0.717, 1.165) is 40.6 Å². The van der Waals surface area contributed by atoms with E-state index in [4.69, 9.17) is 0 Å². The molecule has 1 N–H and O–H groups in total. The summed E-state index contributed by atoms with van der Waals surface area (Å²) in [5.74, 6) is 1.10. The predicted molar refractivity (Wildman–Crippen MR) is 81.1 cm³/mol. The number of nitrogens with one attached hydrogen (secondary N) is 1. The summed E-state index contributed by atoms with van der Waals surface area (Å²) in [4.78, 5) is 19.4. The van der Waals surface area contributed by atoms with Gasteiger partial charge in [-0.25, -0.2) is 4.98 Å². The molecule has 1 saturated carbocycles. The van der Waals surface area contributed by atoms with E-state index in [-0.39, 0.29) is 5.56 Å². The van der Waals surface area contributed by atoms with Gasteiger partial charge in [-0.1, -0.05) is 6.92 Å². The van der Waals surface area contributed by atoms with Crippen LogP contribution in [-0.4, -0.2) is 19.7 Å². The number of hydrogen-bond donors (Lipinski definition) is 1. The van der Waals surface area contributed by atoms with Crippen molar-refractivity contribution in [2.24, 2.45) is 0 Å². The number of aryl methyl sites for hydroxylation is 1. The van der Waals surface area contributed by atoms with E-state index < -0.39 is 0 Å². The van der Waals surface area contributed by atoms with Crippen LogP contribution in [0, 0.1) is 3.57 Å². The van der Waals surface area contributed by atoms with Crippen molar-refractivity contribution in [2.75, 3.05) is 0 Å². The predicted octanol–water partition coefficient (Wildman–Crippen LogP) is 2.53. The normalized spacial score (nSPS) is 14.8. The molecule has 0 amide bonds. The van der Waals surface area contributed by atoms with Crippen molar-refractivity contribution in [1.82, 2.24) is 19.7 Å². The van der Waals surface area contributed by atoms with Crippen LogP contribution >= 0.6 is 22.6 Å². The molecule has 0 unspecified atom stereocenters. The molecule has 19 heavy (non-hydrogen) atoms. The van der Waals surface area contributed by atoms with Crippen LogP contribution in [0.1, 0.15) is 37.8 Å². The van der Waals surface area contributed by atoms with Gasteiger partial charge in [-0.05, 0) is 41.9 Å². The van der Waals surface area contributed by atoms with Gasteiger partial charge in [0.1, 0.15) is 5.82 Å². The molecule has 100 valence electrons. The average Bonchev–Trinajstić information content (AvgIpc) is 3.13. The van der Waals surface area contributed by atoms with Gasteiger partial charge in [-0.3, -0.25) is 9.48 Å². The fraction of sp³-hybridized carbons (Fsp3) is 0.462. The highest BCUT2D eigenvalue weighted by atomic mass is 127. The summed E-state index contributed by atoms with van der Waals surface area (Å²) in [6.45, 7) is 2.99. The highest BCUT2D eigenvalue weighted by Crippen LogP contribution is 2.40. The Labute approximate surface area is 124 Å². The van der Waals surface area contributed by atoms with E-state index in [2.05, 4.69) is 44.6 Å². The summed E-state index contributed by atoms with van der Waals surface area (Å²) < 4.78 is 2.61. The summed E-state index contributed by atoms with van der Waals surface area (Å²) >= 11 is 2.09. The first-order valence-corrected chi connectivity index (χ1v) is 7.59. The molecule has 0 atom stereocenters. The van der Waals surface area contributed by atoms with Crippen molar-refractivity contribution in [3.8, 4) is 11.4 Å². The van der Waals surface area contributed by atoms with E-state index in [9.17, 15) is 4.79 Å². The van der Waals surface area contributed by atoms with Crippen LogP contribution in [0.3, 0.4) is 0 Å². The quantitative estimate of drug-likeness (QED) is 0.842. The second-order valence-electron chi connectivity index (χ2n) is 4.88. The minimum absolute atomic E-state index is 0.0456. The second kappa shape index (κ2) is 5.07. The van der Waals surface area contributed by atoms with Crippen LogP contribution in [0.25, 0.3) is 11.4 Å². The van der Waals surface area contributed by atoms with E-state index >= 15 is 0 Å². The Hall–Kier alpha value is -1.18. The van der Waals surface area contributed by atoms with E-state index in [0.29, 0.717) is 11.7 Å². The first kappa shape index (κ1) is 12.8. The minimum atomic E-state index is -0.0456. The van der Waals surface area contributed by atoms with Crippen LogP contribution in [0.5, 0.6) is 0 Å². The number of aromatic nitrogens is 4. The van der Waals surface area contributed by atoms with Crippen LogP contribution in [-0.2, 0) is 6.54 Å². The molecule has 5 nitrogen and oxygen atoms in total. The molecular weight excluding hydrogens is 355 g/mol. The molecule has 0 aromatic carbocycles. The van der Waals surface area contributed by atoms with E-state index in [1.807, 2.05) is 10.9 Å². The number of hydrogen-bond acceptors (Lipinski definition) is 3. The SMILES string of the molecule is CCCn1cc(-c2nc(C3CC3)c(I)c(=O)[nH]2)cn1. The maximum absolute atomic E-state index is 12.0. The van der Waals surface area contributed by atoms with Gasteiger partial charge in [0.05, 0.1) is 21.0 Å². The lowest BCUT2D eigenvalue weighted by atomic mass is 10.2. The first-order chi connectivity index (χ1) is 9.19. The van der Waals surface area contributed by atoms with Gasteiger partial charge in [0.2, 0.25) is 0 Å². The zero-order valence-electron chi connectivity index (χ0n) is 10.7. The highest BCUT2D eigenvalue weighted by molar-refractivity contribution is 14.1. The van der Waals surface area contributed by atoms with Gasteiger partial charge in [-0.2, -0.15) is 5.10 Å². The third kappa shape index (κ3) is 2.58. The fourth-order valence-electron chi connectivity index (χ4n) is 2.08. The lowest BCUT2D eigenvalue weighted by molar-refractivity contribution is 0.603. The molecule has 0 radical (unpaired) electrons. The van der Waals surface area contributed by atoms with Gasteiger partial charge >= 0.3 is 0 Å². The number of rotatable bonds is 4. The molecule has 1 aliphatic carbocycles. The van der Waals surface area contributed by atoms with Gasteiger partial charge in [0.25, 0.3) is 5.56 Å². The molecule has 1 aliphatic rings. The summed E-state index contributed by atoms with van der Waals surface area (Å²) in [5.41, 5.74) is 1.78. The van der Waals surface area contributed by atoms with Crippen LogP contribution < -0.4 is 5.56 Å². The molecule has 0 aliphatic heterocycles. The number of nitrogens with zero attached hydrogens (tertiary/aromatic N) is 3. The molecule has 0 bridgehead atoms. The third-order valence-corrected chi connectivity index (χ3v) is 4.25. The smallest absolute Gasteiger partial charge is 0.264 e. The maximum Gasteiger partial charge on any atom is 0.264 e. The number of H-pyrrole nitrogens is 1. The van der Waals surface area contributed by atoms with Gasteiger partial charge < -0.3 is 4.98 Å². The molecule has 2 heterocycles. The lowest BCUT2D eigenvalue weighted by Crippen LogP contribution is -2.15. The molecule has 1 fully saturated rings. The summed E-state index contributed by atoms with van der Waals surface area (Å²) in [7, 11) is 0. The third-order valence-electron chi connectivity index (χ3n) is 3.21. The highest BCUT2D eigenvalue weighted by Gasteiger charge is 2.29. The molecule has 3 rings (SSSR count). The average molecular weight is 370 g/mol. The van der Waals surface area contributed by atoms with Crippen molar-refractivity contribution in [2.45, 2.75) is 38.6 Å². The number of halogens is 1. The van der Waals surface area contributed by atoms with Crippen molar-refractivity contribution >= 4 is 22.6 Å². The molecule has 0 saturated heterocycles. The van der Waals surface area contributed by atoms with Crippen LogP contribution in [0.4, 0.5) is 0 Å². The second-order valence-corrected chi connectivity index (χ2v) is 5.96. The first-order valence-electron chi connectivity index (χ1n) is 6.51. The van der Waals surface area contributed by atoms with Crippen molar-refractivity contribution in [1.29, 1.82) is 0 Å². The molecule has 2 aromatic heterocycles. The van der Waals surface area contributed by atoms with Gasteiger partial charge in [0.15, 0.2) is 0 Å². The summed E-state index contributed by atoms with van der Waals surface area (Å²) in [5, 5.41) is 4.28. The van der Waals surface area contributed by atoms with Crippen LogP contribution in [0.15, 0.2) is 17.2 Å². The zero-order chi connectivity index (χ0) is 13.4. The minimum Gasteiger partial charge on any atom is -0.306 e. The van der Waals surface area contributed by atoms with E-state index in [1.54, 1.807) is 6.20 Å². The van der Waals surface area contributed by atoms with Crippen molar-refractivity contribution in [3.05, 3.63) is 32.0 Å². The molecular formula is C13H15IN4O. The standard InChI is InChI=1S/C13H15IN4O/c1-2-5-18-7-9(6-15-18)12-16-11(8-3-4-8)10(14)13(19)17-12/h6-8H,2-5H2,1H3,(H,16,17,19). The Balaban J connectivity index is 2.01. The largest absolute Gasteiger partial charge is 0.306 e. The molecule has 6 heteroatoms. The lowest BCUT2D eigenvalue weighted by Gasteiger charge is -2.04. The van der Waals surface area contributed by atoms with Gasteiger partial charge in [0, 0.05) is 18.7 Å². The Morgan fingerprint density at radius 2 is 2.32 bits per heavy atom. The Kier molecular flexibility index (Phi) is 3.42. The zero-order valence-corrected chi connectivity index (χ0v) is 12.8. The number of aromatic amines is 1. The Morgan fingerprint density at radius 1 is 1.53 bits per heavy atom. The Bertz CT molecular complexity index is 657. The fourth-order valence-corrected chi connectivity index (χ4v) is 2.77. The van der Waals surface area contributed by atoms with Crippen LogP contribution in [0.2, 0.25) is 0 Å². The molecule has 0 spiro atoms. The summed E-state index contributed by atoms with van der Waals surface area (Å²) in [6, 6.07) is 0.